The van der Waals surface area contributed by atoms with Crippen molar-refractivity contribution in [2.24, 2.45) is 11.8 Å². The number of rotatable bonds is 6. The molecule has 2 fully saturated rings. The van der Waals surface area contributed by atoms with Gasteiger partial charge in [0.25, 0.3) is 0 Å². The topological polar surface area (TPSA) is 102 Å². The molecular formula is C26H33N5O3. The predicted octanol–water partition coefficient (Wildman–Crippen LogP) is 2.77. The van der Waals surface area contributed by atoms with Crippen LogP contribution in [-0.4, -0.2) is 64.9 Å². The van der Waals surface area contributed by atoms with Gasteiger partial charge in [0, 0.05) is 44.0 Å². The number of methoxy groups -OCH3 is 1. The second kappa shape index (κ2) is 11.2. The Morgan fingerprint density at radius 3 is 2.41 bits per heavy atom. The lowest BCUT2D eigenvalue weighted by atomic mass is 9.85. The number of hydrogen-bond acceptors (Lipinski definition) is 7. The molecule has 34 heavy (non-hydrogen) atoms. The van der Waals surface area contributed by atoms with Crippen molar-refractivity contribution >= 4 is 23.3 Å². The van der Waals surface area contributed by atoms with Gasteiger partial charge in [-0.2, -0.15) is 0 Å². The molecule has 0 saturated carbocycles. The summed E-state index contributed by atoms with van der Waals surface area (Å²) >= 11 is 0. The maximum Gasteiger partial charge on any atom is 0.330 e. The van der Waals surface area contributed by atoms with Gasteiger partial charge in [-0.15, -0.1) is 0 Å². The van der Waals surface area contributed by atoms with Crippen LogP contribution >= 0.6 is 0 Å². The first-order chi connectivity index (χ1) is 16.5. The lowest BCUT2D eigenvalue weighted by Crippen LogP contribution is -2.45. The molecule has 2 aromatic heterocycles. The predicted molar refractivity (Wildman–Crippen MR) is 130 cm³/mol. The molecule has 8 heteroatoms. The normalized spacial score (nSPS) is 18.6. The fraction of sp³-hybridized carbons (Fsp3) is 0.462. The Morgan fingerprint density at radius 1 is 1.03 bits per heavy atom. The number of ether oxygens (including phenoxy) is 1. The van der Waals surface area contributed by atoms with Gasteiger partial charge in [-0.05, 0) is 80.1 Å². The summed E-state index contributed by atoms with van der Waals surface area (Å²) < 4.78 is 4.86. The maximum atomic E-state index is 13.2. The van der Waals surface area contributed by atoms with E-state index in [1.54, 1.807) is 18.5 Å². The summed E-state index contributed by atoms with van der Waals surface area (Å²) in [5.74, 6) is 0.686. The van der Waals surface area contributed by atoms with Crippen LogP contribution in [0.4, 0.5) is 5.82 Å². The highest BCUT2D eigenvalue weighted by Crippen LogP contribution is 2.32. The number of aromatic nitrogens is 2. The SMILES string of the molecule is COC(=O)/C=C(/c1ccccn1)C1CCN(C(=O)C2CCN(Cc3ccnc(N)c3)CC2)CC1. The number of hydrogen-bond donors (Lipinski definition) is 1. The fourth-order valence-electron chi connectivity index (χ4n) is 4.98. The van der Waals surface area contributed by atoms with Crippen molar-refractivity contribution in [3.63, 3.8) is 0 Å². The Morgan fingerprint density at radius 2 is 1.76 bits per heavy atom. The molecule has 2 aromatic rings. The molecule has 0 radical (unpaired) electrons. The van der Waals surface area contributed by atoms with E-state index in [1.807, 2.05) is 35.2 Å². The van der Waals surface area contributed by atoms with Crippen molar-refractivity contribution in [3.8, 4) is 0 Å². The third-order valence-corrected chi connectivity index (χ3v) is 6.87. The van der Waals surface area contributed by atoms with Gasteiger partial charge in [-0.3, -0.25) is 14.7 Å². The zero-order valence-electron chi connectivity index (χ0n) is 19.7. The molecule has 2 aliphatic rings. The highest BCUT2D eigenvalue weighted by Gasteiger charge is 2.32. The van der Waals surface area contributed by atoms with Crippen molar-refractivity contribution in [3.05, 3.63) is 60.1 Å². The van der Waals surface area contributed by atoms with Gasteiger partial charge >= 0.3 is 5.97 Å². The van der Waals surface area contributed by atoms with Gasteiger partial charge in [0.2, 0.25) is 5.91 Å². The second-order valence-electron chi connectivity index (χ2n) is 9.08. The number of nitrogens with zero attached hydrogens (tertiary/aromatic N) is 4. The molecule has 0 spiro atoms. The summed E-state index contributed by atoms with van der Waals surface area (Å²) in [6.07, 6.45) is 8.40. The van der Waals surface area contributed by atoms with E-state index < -0.39 is 0 Å². The number of carbonyl (C=O) groups is 2. The number of carbonyl (C=O) groups excluding carboxylic acids is 2. The van der Waals surface area contributed by atoms with E-state index >= 15 is 0 Å². The van der Waals surface area contributed by atoms with E-state index in [2.05, 4.69) is 14.9 Å². The van der Waals surface area contributed by atoms with E-state index in [1.165, 1.54) is 7.11 Å². The second-order valence-corrected chi connectivity index (χ2v) is 9.08. The number of amides is 1. The summed E-state index contributed by atoms with van der Waals surface area (Å²) in [4.78, 5) is 38.1. The average molecular weight is 464 g/mol. The van der Waals surface area contributed by atoms with Crippen molar-refractivity contribution in [1.82, 2.24) is 19.8 Å². The van der Waals surface area contributed by atoms with Gasteiger partial charge < -0.3 is 15.4 Å². The van der Waals surface area contributed by atoms with Crippen molar-refractivity contribution in [1.29, 1.82) is 0 Å². The summed E-state index contributed by atoms with van der Waals surface area (Å²) in [6.45, 7) is 4.04. The molecule has 0 atom stereocenters. The minimum Gasteiger partial charge on any atom is -0.466 e. The largest absolute Gasteiger partial charge is 0.466 e. The highest BCUT2D eigenvalue weighted by atomic mass is 16.5. The number of allylic oxidation sites excluding steroid dienone is 1. The van der Waals surface area contributed by atoms with E-state index in [0.29, 0.717) is 18.9 Å². The zero-order chi connectivity index (χ0) is 23.9. The number of nitrogens with two attached hydrogens (primary N) is 1. The van der Waals surface area contributed by atoms with Gasteiger partial charge in [-0.25, -0.2) is 9.78 Å². The fourth-order valence-corrected chi connectivity index (χ4v) is 4.98. The Labute approximate surface area is 200 Å². The first kappa shape index (κ1) is 23.9. The van der Waals surface area contributed by atoms with E-state index in [9.17, 15) is 9.59 Å². The molecule has 2 aliphatic heterocycles. The quantitative estimate of drug-likeness (QED) is 0.519. The Kier molecular flexibility index (Phi) is 7.90. The molecule has 4 rings (SSSR count). The Bertz CT molecular complexity index is 1010. The molecule has 0 unspecified atom stereocenters. The smallest absolute Gasteiger partial charge is 0.330 e. The van der Waals surface area contributed by atoms with Crippen molar-refractivity contribution in [2.45, 2.75) is 32.2 Å². The van der Waals surface area contributed by atoms with E-state index in [0.717, 1.165) is 62.1 Å². The average Bonchev–Trinajstić information content (AvgIpc) is 2.88. The molecule has 180 valence electrons. The third-order valence-electron chi connectivity index (χ3n) is 6.87. The molecule has 0 bridgehead atoms. The van der Waals surface area contributed by atoms with Crippen LogP contribution in [0.3, 0.4) is 0 Å². The summed E-state index contributed by atoms with van der Waals surface area (Å²) in [7, 11) is 1.38. The van der Waals surface area contributed by atoms with Crippen LogP contribution in [-0.2, 0) is 20.9 Å². The summed E-state index contributed by atoms with van der Waals surface area (Å²) in [6, 6.07) is 9.60. The number of piperidine rings is 2. The summed E-state index contributed by atoms with van der Waals surface area (Å²) in [5.41, 5.74) is 8.63. The zero-order valence-corrected chi connectivity index (χ0v) is 19.7. The first-order valence-electron chi connectivity index (χ1n) is 12.0. The van der Waals surface area contributed by atoms with Crippen molar-refractivity contribution < 1.29 is 14.3 Å². The standard InChI is InChI=1S/C26H33N5O3/c1-34-25(32)17-22(23-4-2-3-10-28-23)20-8-14-31(15-9-20)26(33)21-6-12-30(13-7-21)18-19-5-11-29-24(27)16-19/h2-5,10-11,16-17,20-21H,6-9,12-15,18H2,1H3,(H2,27,29)/b22-17+. The monoisotopic (exact) mass is 463 g/mol. The molecule has 4 heterocycles. The maximum absolute atomic E-state index is 13.2. The van der Waals surface area contributed by atoms with Gasteiger partial charge in [0.1, 0.15) is 5.82 Å². The Balaban J connectivity index is 1.30. The minimum atomic E-state index is -0.375. The highest BCUT2D eigenvalue weighted by molar-refractivity contribution is 5.91. The van der Waals surface area contributed by atoms with Crippen LogP contribution in [0.2, 0.25) is 0 Å². The number of likely N-dealkylation sites (tertiary alicyclic amines) is 2. The number of nitrogen functional groups attached to an aromatic ring is 1. The minimum absolute atomic E-state index is 0.0798. The van der Waals surface area contributed by atoms with Crippen LogP contribution in [0, 0.1) is 11.8 Å². The van der Waals surface area contributed by atoms with Crippen LogP contribution in [0.5, 0.6) is 0 Å². The lowest BCUT2D eigenvalue weighted by Gasteiger charge is -2.37. The molecule has 2 saturated heterocycles. The number of anilines is 1. The van der Waals surface area contributed by atoms with E-state index in [-0.39, 0.29) is 23.7 Å². The molecule has 1 amide bonds. The number of esters is 1. The van der Waals surface area contributed by atoms with Crippen LogP contribution in [0.1, 0.15) is 36.9 Å². The van der Waals surface area contributed by atoms with Crippen LogP contribution in [0.15, 0.2) is 48.8 Å². The molecule has 2 N–H and O–H groups in total. The molecule has 8 nitrogen and oxygen atoms in total. The van der Waals surface area contributed by atoms with Gasteiger partial charge in [0.15, 0.2) is 0 Å². The van der Waals surface area contributed by atoms with Crippen LogP contribution in [0.25, 0.3) is 5.57 Å². The van der Waals surface area contributed by atoms with E-state index in [4.69, 9.17) is 10.5 Å². The van der Waals surface area contributed by atoms with Gasteiger partial charge in [-0.1, -0.05) is 6.07 Å². The molecule has 0 aromatic carbocycles. The first-order valence-corrected chi connectivity index (χ1v) is 12.0. The van der Waals surface area contributed by atoms with Crippen LogP contribution < -0.4 is 5.73 Å². The molecular weight excluding hydrogens is 430 g/mol. The summed E-state index contributed by atoms with van der Waals surface area (Å²) in [5, 5.41) is 0. The number of pyridine rings is 2. The van der Waals surface area contributed by atoms with Crippen molar-refractivity contribution in [2.75, 3.05) is 39.0 Å². The lowest BCUT2D eigenvalue weighted by molar-refractivity contribution is -0.138. The van der Waals surface area contributed by atoms with Gasteiger partial charge in [0.05, 0.1) is 12.8 Å². The molecule has 0 aliphatic carbocycles. The third kappa shape index (κ3) is 5.99. The Hall–Kier alpha value is -3.26.